The predicted octanol–water partition coefficient (Wildman–Crippen LogP) is 0.717. The maximum atomic E-state index is 11.8. The summed E-state index contributed by atoms with van der Waals surface area (Å²) in [6.07, 6.45) is -0.672. The average molecular weight is 283 g/mol. The van der Waals surface area contributed by atoms with Crippen LogP contribution in [0.2, 0.25) is 0 Å². The molecule has 0 bridgehead atoms. The lowest BCUT2D eigenvalue weighted by atomic mass is 10.2. The van der Waals surface area contributed by atoms with Gasteiger partial charge in [0.05, 0.1) is 20.3 Å². The van der Waals surface area contributed by atoms with Gasteiger partial charge < -0.3 is 24.6 Å². The Bertz CT molecular complexity index is 436. The van der Waals surface area contributed by atoms with Crippen molar-refractivity contribution in [1.82, 2.24) is 5.32 Å². The SMILES string of the molecule is COCCNC(=O)C(C)Oc1cc(CO)ccc1OC. The lowest BCUT2D eigenvalue weighted by Crippen LogP contribution is -2.38. The van der Waals surface area contributed by atoms with Gasteiger partial charge in [-0.2, -0.15) is 0 Å². The van der Waals surface area contributed by atoms with Crippen LogP contribution in [0.4, 0.5) is 0 Å². The highest BCUT2D eigenvalue weighted by Gasteiger charge is 2.16. The molecule has 6 nitrogen and oxygen atoms in total. The predicted molar refractivity (Wildman–Crippen MR) is 73.9 cm³/mol. The molecule has 0 saturated heterocycles. The zero-order valence-electron chi connectivity index (χ0n) is 12.0. The third-order valence-corrected chi connectivity index (χ3v) is 2.69. The molecule has 1 aromatic carbocycles. The number of amides is 1. The zero-order valence-corrected chi connectivity index (χ0v) is 12.0. The first kappa shape index (κ1) is 16.3. The summed E-state index contributed by atoms with van der Waals surface area (Å²) >= 11 is 0. The van der Waals surface area contributed by atoms with Crippen molar-refractivity contribution in [2.75, 3.05) is 27.4 Å². The minimum atomic E-state index is -0.672. The van der Waals surface area contributed by atoms with Gasteiger partial charge >= 0.3 is 0 Å². The second-order valence-electron chi connectivity index (χ2n) is 4.19. The highest BCUT2D eigenvalue weighted by molar-refractivity contribution is 5.80. The molecule has 0 heterocycles. The fraction of sp³-hybridized carbons (Fsp3) is 0.500. The van der Waals surface area contributed by atoms with Gasteiger partial charge in [-0.05, 0) is 24.6 Å². The van der Waals surface area contributed by atoms with Crippen molar-refractivity contribution < 1.29 is 24.1 Å². The smallest absolute Gasteiger partial charge is 0.260 e. The van der Waals surface area contributed by atoms with Crippen LogP contribution in [0.1, 0.15) is 12.5 Å². The Hall–Kier alpha value is -1.79. The lowest BCUT2D eigenvalue weighted by Gasteiger charge is -2.17. The molecule has 0 aliphatic heterocycles. The number of aliphatic hydroxyl groups is 1. The number of hydrogen-bond donors (Lipinski definition) is 2. The fourth-order valence-corrected chi connectivity index (χ4v) is 1.58. The van der Waals surface area contributed by atoms with E-state index >= 15 is 0 Å². The van der Waals surface area contributed by atoms with Gasteiger partial charge in [0.1, 0.15) is 0 Å². The van der Waals surface area contributed by atoms with Crippen molar-refractivity contribution in [3.8, 4) is 11.5 Å². The number of aliphatic hydroxyl groups excluding tert-OH is 1. The van der Waals surface area contributed by atoms with Crippen LogP contribution in [0.25, 0.3) is 0 Å². The molecule has 0 spiro atoms. The molecule has 0 aliphatic carbocycles. The normalized spacial score (nSPS) is 11.8. The zero-order chi connectivity index (χ0) is 15.0. The number of nitrogens with one attached hydrogen (secondary N) is 1. The van der Waals surface area contributed by atoms with E-state index < -0.39 is 6.10 Å². The second kappa shape index (κ2) is 8.39. The molecular weight excluding hydrogens is 262 g/mol. The van der Waals surface area contributed by atoms with Gasteiger partial charge in [0.25, 0.3) is 5.91 Å². The first-order valence-electron chi connectivity index (χ1n) is 6.33. The number of hydrogen-bond acceptors (Lipinski definition) is 5. The summed E-state index contributed by atoms with van der Waals surface area (Å²) in [5.74, 6) is 0.700. The molecule has 1 rings (SSSR count). The van der Waals surface area contributed by atoms with Gasteiger partial charge in [-0.3, -0.25) is 4.79 Å². The Morgan fingerprint density at radius 1 is 1.35 bits per heavy atom. The lowest BCUT2D eigenvalue weighted by molar-refractivity contribution is -0.127. The largest absolute Gasteiger partial charge is 0.493 e. The molecule has 2 N–H and O–H groups in total. The summed E-state index contributed by atoms with van der Waals surface area (Å²) in [6.45, 7) is 2.42. The van der Waals surface area contributed by atoms with Gasteiger partial charge in [0.15, 0.2) is 17.6 Å². The number of ether oxygens (including phenoxy) is 3. The molecule has 6 heteroatoms. The Balaban J connectivity index is 2.68. The molecule has 1 atom stereocenters. The van der Waals surface area contributed by atoms with Gasteiger partial charge in [-0.15, -0.1) is 0 Å². The van der Waals surface area contributed by atoms with Gasteiger partial charge in [0.2, 0.25) is 0 Å². The molecule has 1 aromatic rings. The van der Waals surface area contributed by atoms with E-state index in [1.807, 2.05) is 0 Å². The van der Waals surface area contributed by atoms with Crippen molar-refractivity contribution in [3.63, 3.8) is 0 Å². The van der Waals surface area contributed by atoms with Crippen LogP contribution in [0.5, 0.6) is 11.5 Å². The molecule has 0 saturated carbocycles. The Labute approximate surface area is 118 Å². The number of benzene rings is 1. The summed E-state index contributed by atoms with van der Waals surface area (Å²) in [5, 5.41) is 11.8. The van der Waals surface area contributed by atoms with Gasteiger partial charge in [-0.1, -0.05) is 6.07 Å². The molecule has 20 heavy (non-hydrogen) atoms. The van der Waals surface area contributed by atoms with Gasteiger partial charge in [0, 0.05) is 13.7 Å². The van der Waals surface area contributed by atoms with E-state index in [0.717, 1.165) is 0 Å². The van der Waals surface area contributed by atoms with Crippen molar-refractivity contribution in [3.05, 3.63) is 23.8 Å². The van der Waals surface area contributed by atoms with Crippen molar-refractivity contribution in [2.45, 2.75) is 19.6 Å². The summed E-state index contributed by atoms with van der Waals surface area (Å²) in [5.41, 5.74) is 0.688. The van der Waals surface area contributed by atoms with E-state index in [-0.39, 0.29) is 12.5 Å². The van der Waals surface area contributed by atoms with Crippen LogP contribution in [0.15, 0.2) is 18.2 Å². The third-order valence-electron chi connectivity index (χ3n) is 2.69. The van der Waals surface area contributed by atoms with Crippen LogP contribution in [0.3, 0.4) is 0 Å². The summed E-state index contributed by atoms with van der Waals surface area (Å²) in [6, 6.07) is 5.07. The fourth-order valence-electron chi connectivity index (χ4n) is 1.58. The third kappa shape index (κ3) is 4.71. The van der Waals surface area contributed by atoms with E-state index in [1.54, 1.807) is 32.2 Å². The minimum absolute atomic E-state index is 0.102. The van der Waals surface area contributed by atoms with Crippen molar-refractivity contribution >= 4 is 5.91 Å². The standard InChI is InChI=1S/C14H21NO5/c1-10(14(17)15-6-7-18-2)20-13-8-11(9-16)4-5-12(13)19-3/h4-5,8,10,16H,6-7,9H2,1-3H3,(H,15,17). The van der Waals surface area contributed by atoms with Crippen molar-refractivity contribution in [2.24, 2.45) is 0 Å². The van der Waals surface area contributed by atoms with Crippen LogP contribution in [0, 0.1) is 0 Å². The quantitative estimate of drug-likeness (QED) is 0.687. The Morgan fingerprint density at radius 2 is 2.10 bits per heavy atom. The van der Waals surface area contributed by atoms with Crippen LogP contribution < -0.4 is 14.8 Å². The highest BCUT2D eigenvalue weighted by Crippen LogP contribution is 2.29. The molecule has 0 aliphatic rings. The molecule has 0 radical (unpaired) electrons. The van der Waals surface area contributed by atoms with E-state index in [2.05, 4.69) is 5.32 Å². The average Bonchev–Trinajstić information content (AvgIpc) is 2.47. The van der Waals surface area contributed by atoms with Crippen LogP contribution in [-0.4, -0.2) is 44.5 Å². The monoisotopic (exact) mass is 283 g/mol. The first-order valence-corrected chi connectivity index (χ1v) is 6.33. The molecule has 1 amide bonds. The second-order valence-corrected chi connectivity index (χ2v) is 4.19. The number of methoxy groups -OCH3 is 2. The summed E-state index contributed by atoms with van der Waals surface area (Å²) in [4.78, 5) is 11.8. The van der Waals surface area contributed by atoms with Crippen LogP contribution >= 0.6 is 0 Å². The Kier molecular flexibility index (Phi) is 6.83. The first-order chi connectivity index (χ1) is 9.62. The van der Waals surface area contributed by atoms with E-state index in [1.165, 1.54) is 7.11 Å². The highest BCUT2D eigenvalue weighted by atomic mass is 16.5. The molecule has 112 valence electrons. The van der Waals surface area contributed by atoms with Crippen molar-refractivity contribution in [1.29, 1.82) is 0 Å². The Morgan fingerprint density at radius 3 is 2.70 bits per heavy atom. The topological polar surface area (TPSA) is 77.0 Å². The van der Waals surface area contributed by atoms with E-state index in [9.17, 15) is 4.79 Å². The maximum absolute atomic E-state index is 11.8. The maximum Gasteiger partial charge on any atom is 0.260 e. The van der Waals surface area contributed by atoms with E-state index in [0.29, 0.717) is 30.2 Å². The molecule has 0 aromatic heterocycles. The molecule has 0 fully saturated rings. The van der Waals surface area contributed by atoms with Gasteiger partial charge in [-0.25, -0.2) is 0 Å². The minimum Gasteiger partial charge on any atom is -0.493 e. The molecular formula is C14H21NO5. The number of rotatable bonds is 8. The van der Waals surface area contributed by atoms with E-state index in [4.69, 9.17) is 19.3 Å². The molecule has 1 unspecified atom stereocenters. The van der Waals surface area contributed by atoms with Crippen LogP contribution in [-0.2, 0) is 16.1 Å². The summed E-state index contributed by atoms with van der Waals surface area (Å²) in [7, 11) is 3.08. The number of carbonyl (C=O) groups is 1. The number of carbonyl (C=O) groups excluding carboxylic acids is 1. The summed E-state index contributed by atoms with van der Waals surface area (Å²) < 4.78 is 15.6.